The van der Waals surface area contributed by atoms with E-state index in [2.05, 4.69) is 10.6 Å². The van der Waals surface area contributed by atoms with Gasteiger partial charge in [0, 0.05) is 31.3 Å². The number of phenols is 2. The molecule has 6 nitrogen and oxygen atoms in total. The number of benzene rings is 1. The zero-order valence-corrected chi connectivity index (χ0v) is 8.73. The van der Waals surface area contributed by atoms with Crippen LogP contribution in [0.1, 0.15) is 5.56 Å². The molecule has 16 heavy (non-hydrogen) atoms. The Labute approximate surface area is 93.1 Å². The van der Waals surface area contributed by atoms with Gasteiger partial charge in [-0.05, 0) is 6.07 Å². The summed E-state index contributed by atoms with van der Waals surface area (Å²) >= 11 is 0. The molecule has 0 aliphatic rings. The predicted octanol–water partition coefficient (Wildman–Crippen LogP) is -0.144. The van der Waals surface area contributed by atoms with Gasteiger partial charge in [-0.2, -0.15) is 0 Å². The Balaban J connectivity index is 2.29. The zero-order chi connectivity index (χ0) is 12.0. The third-order valence-electron chi connectivity index (χ3n) is 1.99. The van der Waals surface area contributed by atoms with Crippen LogP contribution in [0.2, 0.25) is 0 Å². The highest BCUT2D eigenvalue weighted by molar-refractivity contribution is 5.71. The topological polar surface area (TPSA) is 108 Å². The Kier molecular flexibility index (Phi) is 4.41. The SMILES string of the molecule is NC(=O)NCCNCc1ccc(O)cc1O. The summed E-state index contributed by atoms with van der Waals surface area (Å²) in [6.45, 7) is 1.42. The van der Waals surface area contributed by atoms with Crippen molar-refractivity contribution in [2.45, 2.75) is 6.54 Å². The van der Waals surface area contributed by atoms with Crippen LogP contribution < -0.4 is 16.4 Å². The third kappa shape index (κ3) is 4.05. The second kappa shape index (κ2) is 5.82. The van der Waals surface area contributed by atoms with Gasteiger partial charge in [-0.3, -0.25) is 0 Å². The maximum atomic E-state index is 10.3. The quantitative estimate of drug-likeness (QED) is 0.449. The Morgan fingerprint density at radius 1 is 1.31 bits per heavy atom. The lowest BCUT2D eigenvalue weighted by molar-refractivity contribution is 0.249. The van der Waals surface area contributed by atoms with E-state index in [1.54, 1.807) is 6.07 Å². The number of hydrogen-bond donors (Lipinski definition) is 5. The fraction of sp³-hybridized carbons (Fsp3) is 0.300. The molecule has 0 aliphatic heterocycles. The molecule has 0 bridgehead atoms. The highest BCUT2D eigenvalue weighted by Gasteiger charge is 2.01. The molecule has 0 fully saturated rings. The lowest BCUT2D eigenvalue weighted by Crippen LogP contribution is -2.35. The molecule has 6 heteroatoms. The summed E-state index contributed by atoms with van der Waals surface area (Å²) in [6.07, 6.45) is 0. The molecule has 0 aliphatic carbocycles. The van der Waals surface area contributed by atoms with Crippen LogP contribution >= 0.6 is 0 Å². The maximum absolute atomic E-state index is 10.3. The summed E-state index contributed by atoms with van der Waals surface area (Å²) in [4.78, 5) is 10.3. The van der Waals surface area contributed by atoms with Crippen LogP contribution in [0.4, 0.5) is 4.79 Å². The van der Waals surface area contributed by atoms with Crippen molar-refractivity contribution in [2.75, 3.05) is 13.1 Å². The Morgan fingerprint density at radius 2 is 2.06 bits per heavy atom. The number of nitrogens with two attached hydrogens (primary N) is 1. The molecule has 1 rings (SSSR count). The molecule has 0 heterocycles. The van der Waals surface area contributed by atoms with Crippen LogP contribution in [-0.4, -0.2) is 29.3 Å². The Hall–Kier alpha value is -1.95. The van der Waals surface area contributed by atoms with Gasteiger partial charge in [0.2, 0.25) is 0 Å². The number of nitrogens with one attached hydrogen (secondary N) is 2. The van der Waals surface area contributed by atoms with Gasteiger partial charge in [0.1, 0.15) is 11.5 Å². The van der Waals surface area contributed by atoms with E-state index < -0.39 is 6.03 Å². The molecule has 0 saturated carbocycles. The van der Waals surface area contributed by atoms with E-state index in [1.165, 1.54) is 12.1 Å². The monoisotopic (exact) mass is 225 g/mol. The largest absolute Gasteiger partial charge is 0.508 e. The number of aromatic hydroxyl groups is 2. The van der Waals surface area contributed by atoms with Crippen LogP contribution in [0.5, 0.6) is 11.5 Å². The molecule has 1 aromatic carbocycles. The lowest BCUT2D eigenvalue weighted by Gasteiger charge is -2.07. The predicted molar refractivity (Wildman–Crippen MR) is 59.1 cm³/mol. The van der Waals surface area contributed by atoms with Crippen molar-refractivity contribution < 1.29 is 15.0 Å². The molecule has 1 aromatic rings. The number of phenolic OH excluding ortho intramolecular Hbond substituents is 2. The van der Waals surface area contributed by atoms with Crippen molar-refractivity contribution >= 4 is 6.03 Å². The number of rotatable bonds is 5. The van der Waals surface area contributed by atoms with Crippen molar-refractivity contribution in [3.05, 3.63) is 23.8 Å². The first-order valence-corrected chi connectivity index (χ1v) is 4.84. The van der Waals surface area contributed by atoms with Gasteiger partial charge < -0.3 is 26.6 Å². The lowest BCUT2D eigenvalue weighted by atomic mass is 10.2. The summed E-state index contributed by atoms with van der Waals surface area (Å²) < 4.78 is 0. The van der Waals surface area contributed by atoms with E-state index in [0.29, 0.717) is 25.2 Å². The summed E-state index contributed by atoms with van der Waals surface area (Å²) in [6, 6.07) is 3.84. The number of carbonyl (C=O) groups excluding carboxylic acids is 1. The van der Waals surface area contributed by atoms with Crippen LogP contribution in [0.15, 0.2) is 18.2 Å². The summed E-state index contributed by atoms with van der Waals surface area (Å²) in [5, 5.41) is 23.9. The number of carbonyl (C=O) groups is 1. The van der Waals surface area contributed by atoms with Crippen LogP contribution in [0, 0.1) is 0 Å². The number of hydrogen-bond acceptors (Lipinski definition) is 4. The van der Waals surface area contributed by atoms with E-state index in [1.807, 2.05) is 0 Å². The fourth-order valence-corrected chi connectivity index (χ4v) is 1.20. The second-order valence-corrected chi connectivity index (χ2v) is 3.28. The molecule has 0 radical (unpaired) electrons. The van der Waals surface area contributed by atoms with Gasteiger partial charge in [-0.15, -0.1) is 0 Å². The average molecular weight is 225 g/mol. The van der Waals surface area contributed by atoms with Gasteiger partial charge in [-0.1, -0.05) is 6.07 Å². The van der Waals surface area contributed by atoms with Crippen molar-refractivity contribution in [3.8, 4) is 11.5 Å². The van der Waals surface area contributed by atoms with E-state index in [0.717, 1.165) is 0 Å². The highest BCUT2D eigenvalue weighted by Crippen LogP contribution is 2.21. The Bertz CT molecular complexity index is 368. The van der Waals surface area contributed by atoms with Gasteiger partial charge in [0.05, 0.1) is 0 Å². The van der Waals surface area contributed by atoms with Gasteiger partial charge >= 0.3 is 6.03 Å². The molecular weight excluding hydrogens is 210 g/mol. The van der Waals surface area contributed by atoms with Crippen LogP contribution in [0.3, 0.4) is 0 Å². The minimum Gasteiger partial charge on any atom is -0.508 e. The normalized spacial score (nSPS) is 10.0. The third-order valence-corrected chi connectivity index (χ3v) is 1.99. The standard InChI is InChI=1S/C10H15N3O3/c11-10(16)13-4-3-12-6-7-1-2-8(14)5-9(7)15/h1-2,5,12,14-15H,3-4,6H2,(H3,11,13,16). The number of urea groups is 1. The van der Waals surface area contributed by atoms with E-state index in [9.17, 15) is 9.90 Å². The minimum atomic E-state index is -0.561. The fourth-order valence-electron chi connectivity index (χ4n) is 1.20. The first-order chi connectivity index (χ1) is 7.59. The molecule has 0 atom stereocenters. The molecule has 0 unspecified atom stereocenters. The molecule has 2 amide bonds. The highest BCUT2D eigenvalue weighted by atomic mass is 16.3. The van der Waals surface area contributed by atoms with Gasteiger partial charge in [0.15, 0.2) is 0 Å². The maximum Gasteiger partial charge on any atom is 0.312 e. The first-order valence-electron chi connectivity index (χ1n) is 4.84. The number of amides is 2. The van der Waals surface area contributed by atoms with Crippen LogP contribution in [-0.2, 0) is 6.54 Å². The van der Waals surface area contributed by atoms with E-state index >= 15 is 0 Å². The summed E-state index contributed by atoms with van der Waals surface area (Å²) in [5.41, 5.74) is 5.56. The molecule has 6 N–H and O–H groups in total. The second-order valence-electron chi connectivity index (χ2n) is 3.28. The first kappa shape index (κ1) is 12.1. The van der Waals surface area contributed by atoms with Crippen molar-refractivity contribution in [3.63, 3.8) is 0 Å². The summed E-state index contributed by atoms with van der Waals surface area (Å²) in [7, 11) is 0. The van der Waals surface area contributed by atoms with Gasteiger partial charge in [0.25, 0.3) is 0 Å². The molecular formula is C10H15N3O3. The van der Waals surface area contributed by atoms with Crippen LogP contribution in [0.25, 0.3) is 0 Å². The Morgan fingerprint density at radius 3 is 2.69 bits per heavy atom. The van der Waals surface area contributed by atoms with E-state index in [-0.39, 0.29) is 11.5 Å². The molecule has 0 aromatic heterocycles. The average Bonchev–Trinajstić information content (AvgIpc) is 2.20. The van der Waals surface area contributed by atoms with E-state index in [4.69, 9.17) is 10.8 Å². The number of primary amides is 1. The zero-order valence-electron chi connectivity index (χ0n) is 8.73. The van der Waals surface area contributed by atoms with Crippen molar-refractivity contribution in [1.29, 1.82) is 0 Å². The smallest absolute Gasteiger partial charge is 0.312 e. The minimum absolute atomic E-state index is 0.0247. The molecule has 0 saturated heterocycles. The molecule has 0 spiro atoms. The summed E-state index contributed by atoms with van der Waals surface area (Å²) in [5.74, 6) is 0.0620. The van der Waals surface area contributed by atoms with Gasteiger partial charge in [-0.25, -0.2) is 4.79 Å². The van der Waals surface area contributed by atoms with Crippen molar-refractivity contribution in [2.24, 2.45) is 5.73 Å². The van der Waals surface area contributed by atoms with Crippen molar-refractivity contribution in [1.82, 2.24) is 10.6 Å². The molecule has 88 valence electrons.